The van der Waals surface area contributed by atoms with Gasteiger partial charge in [-0.3, -0.25) is 19.3 Å². The molecule has 1 aliphatic rings. The maximum atomic E-state index is 13.1. The Labute approximate surface area is 202 Å². The van der Waals surface area contributed by atoms with Crippen molar-refractivity contribution in [3.05, 3.63) is 94.8 Å². The lowest BCUT2D eigenvalue weighted by Gasteiger charge is -2.16. The quantitative estimate of drug-likeness (QED) is 0.417. The van der Waals surface area contributed by atoms with Crippen LogP contribution in [-0.4, -0.2) is 39.3 Å². The van der Waals surface area contributed by atoms with Crippen molar-refractivity contribution in [3.8, 4) is 5.75 Å². The van der Waals surface area contributed by atoms with Crippen molar-refractivity contribution in [2.24, 2.45) is 0 Å². The molecular weight excluding hydrogens is 444 g/mol. The Morgan fingerprint density at radius 3 is 2.34 bits per heavy atom. The van der Waals surface area contributed by atoms with Crippen molar-refractivity contribution in [2.75, 3.05) is 7.11 Å². The third kappa shape index (κ3) is 3.93. The van der Waals surface area contributed by atoms with Gasteiger partial charge in [0.1, 0.15) is 11.6 Å². The van der Waals surface area contributed by atoms with Gasteiger partial charge in [0.25, 0.3) is 17.7 Å². The molecular formula is C27H24N4O4. The molecule has 0 saturated heterocycles. The molecule has 0 aliphatic carbocycles. The lowest BCUT2D eigenvalue weighted by atomic mass is 10.1. The summed E-state index contributed by atoms with van der Waals surface area (Å²) in [4.78, 5) is 44.5. The van der Waals surface area contributed by atoms with Crippen molar-refractivity contribution in [2.45, 2.75) is 26.6 Å². The number of imide groups is 1. The van der Waals surface area contributed by atoms with Crippen molar-refractivity contribution in [3.63, 3.8) is 0 Å². The Hall–Kier alpha value is -4.46. The SMILES string of the molecule is CCn1c(CNC(=O)c2cc(CN3C(=O)c4ccccc4C3=O)ccc2OC)nc2ccccc21. The molecule has 3 aromatic carbocycles. The summed E-state index contributed by atoms with van der Waals surface area (Å²) in [5, 5.41) is 2.93. The summed E-state index contributed by atoms with van der Waals surface area (Å²) in [6.45, 7) is 3.06. The summed E-state index contributed by atoms with van der Waals surface area (Å²) in [5.41, 5.74) is 3.64. The molecule has 0 unspecified atom stereocenters. The van der Waals surface area contributed by atoms with E-state index in [1.54, 1.807) is 42.5 Å². The Balaban J connectivity index is 1.36. The number of hydrogen-bond acceptors (Lipinski definition) is 5. The molecule has 8 heteroatoms. The topological polar surface area (TPSA) is 93.5 Å². The Bertz CT molecular complexity index is 1440. The number of methoxy groups -OCH3 is 1. The van der Waals surface area contributed by atoms with Crippen LogP contribution in [0.5, 0.6) is 5.75 Å². The number of benzene rings is 3. The molecule has 35 heavy (non-hydrogen) atoms. The molecule has 0 atom stereocenters. The average molecular weight is 469 g/mol. The second-order valence-electron chi connectivity index (χ2n) is 8.22. The van der Waals surface area contributed by atoms with Gasteiger partial charge in [0, 0.05) is 6.54 Å². The first-order chi connectivity index (χ1) is 17.0. The van der Waals surface area contributed by atoms with E-state index >= 15 is 0 Å². The number of fused-ring (bicyclic) bond motifs is 2. The van der Waals surface area contributed by atoms with Crippen LogP contribution in [0, 0.1) is 0 Å². The zero-order valence-corrected chi connectivity index (χ0v) is 19.4. The number of aryl methyl sites for hydroxylation is 1. The largest absolute Gasteiger partial charge is 0.496 e. The second-order valence-corrected chi connectivity index (χ2v) is 8.22. The number of para-hydroxylation sites is 2. The minimum Gasteiger partial charge on any atom is -0.496 e. The van der Waals surface area contributed by atoms with E-state index in [1.165, 1.54) is 12.0 Å². The predicted molar refractivity (Wildman–Crippen MR) is 130 cm³/mol. The molecule has 8 nitrogen and oxygen atoms in total. The highest BCUT2D eigenvalue weighted by Gasteiger charge is 2.35. The normalized spacial score (nSPS) is 12.8. The first-order valence-corrected chi connectivity index (χ1v) is 11.4. The van der Waals surface area contributed by atoms with E-state index in [9.17, 15) is 14.4 Å². The number of aromatic nitrogens is 2. The third-order valence-corrected chi connectivity index (χ3v) is 6.18. The van der Waals surface area contributed by atoms with Gasteiger partial charge in [0.05, 0.1) is 47.9 Å². The molecule has 0 bridgehead atoms. The number of rotatable bonds is 7. The van der Waals surface area contributed by atoms with E-state index in [4.69, 9.17) is 4.74 Å². The van der Waals surface area contributed by atoms with E-state index in [0.29, 0.717) is 28.0 Å². The summed E-state index contributed by atoms with van der Waals surface area (Å²) < 4.78 is 7.46. The smallest absolute Gasteiger partial charge is 0.261 e. The monoisotopic (exact) mass is 468 g/mol. The van der Waals surface area contributed by atoms with Gasteiger partial charge in [0.15, 0.2) is 0 Å². The predicted octanol–water partition coefficient (Wildman–Crippen LogP) is 3.79. The first-order valence-electron chi connectivity index (χ1n) is 11.4. The third-order valence-electron chi connectivity index (χ3n) is 6.18. The zero-order valence-electron chi connectivity index (χ0n) is 19.4. The number of imidazole rings is 1. The number of nitrogens with zero attached hydrogens (tertiary/aromatic N) is 3. The van der Waals surface area contributed by atoms with E-state index < -0.39 is 0 Å². The van der Waals surface area contributed by atoms with Crippen molar-refractivity contribution < 1.29 is 19.1 Å². The lowest BCUT2D eigenvalue weighted by molar-refractivity contribution is 0.0642. The van der Waals surface area contributed by atoms with Crippen LogP contribution in [0.15, 0.2) is 66.7 Å². The van der Waals surface area contributed by atoms with E-state index in [-0.39, 0.29) is 30.8 Å². The average Bonchev–Trinajstić information content (AvgIpc) is 3.37. The summed E-state index contributed by atoms with van der Waals surface area (Å²) >= 11 is 0. The van der Waals surface area contributed by atoms with E-state index in [2.05, 4.69) is 14.9 Å². The fourth-order valence-corrected chi connectivity index (χ4v) is 4.46. The van der Waals surface area contributed by atoms with Crippen LogP contribution in [0.2, 0.25) is 0 Å². The minimum atomic E-state index is -0.342. The van der Waals surface area contributed by atoms with Gasteiger partial charge in [-0.15, -0.1) is 0 Å². The molecule has 1 N–H and O–H groups in total. The van der Waals surface area contributed by atoms with Crippen molar-refractivity contribution in [1.82, 2.24) is 19.8 Å². The molecule has 0 saturated carbocycles. The summed E-state index contributed by atoms with van der Waals surface area (Å²) in [7, 11) is 1.49. The van der Waals surface area contributed by atoms with Gasteiger partial charge in [-0.1, -0.05) is 30.3 Å². The number of carbonyl (C=O) groups excluding carboxylic acids is 3. The number of nitrogens with one attached hydrogen (secondary N) is 1. The molecule has 176 valence electrons. The summed E-state index contributed by atoms with van der Waals surface area (Å²) in [6, 6.07) is 19.7. The van der Waals surface area contributed by atoms with Crippen molar-refractivity contribution in [1.29, 1.82) is 0 Å². The molecule has 0 spiro atoms. The molecule has 1 aliphatic heterocycles. The van der Waals surface area contributed by atoms with Crippen LogP contribution in [0.4, 0.5) is 0 Å². The standard InChI is InChI=1S/C27H24N4O4/c1-3-30-22-11-7-6-10-21(22)29-24(30)15-28-25(32)20-14-17(12-13-23(20)35-2)16-31-26(33)18-8-4-5-9-19(18)27(31)34/h4-14H,3,15-16H2,1-2H3,(H,28,32). The Morgan fingerprint density at radius 1 is 0.971 bits per heavy atom. The van der Waals surface area contributed by atoms with Crippen LogP contribution < -0.4 is 10.1 Å². The van der Waals surface area contributed by atoms with Crippen LogP contribution in [0.3, 0.4) is 0 Å². The fourth-order valence-electron chi connectivity index (χ4n) is 4.46. The van der Waals surface area contributed by atoms with Crippen LogP contribution in [0.1, 0.15) is 49.4 Å². The highest BCUT2D eigenvalue weighted by atomic mass is 16.5. The lowest BCUT2D eigenvalue weighted by Crippen LogP contribution is -2.29. The van der Waals surface area contributed by atoms with Crippen LogP contribution in [0.25, 0.3) is 11.0 Å². The van der Waals surface area contributed by atoms with Gasteiger partial charge in [-0.05, 0) is 48.9 Å². The highest BCUT2D eigenvalue weighted by molar-refractivity contribution is 6.21. The van der Waals surface area contributed by atoms with Crippen molar-refractivity contribution >= 4 is 28.8 Å². The molecule has 1 aromatic heterocycles. The number of carbonyl (C=O) groups is 3. The van der Waals surface area contributed by atoms with Gasteiger partial charge in [0.2, 0.25) is 0 Å². The molecule has 0 radical (unpaired) electrons. The Kier molecular flexibility index (Phi) is 5.78. The number of amides is 3. The van der Waals surface area contributed by atoms with Gasteiger partial charge in [-0.25, -0.2) is 4.98 Å². The molecule has 4 aromatic rings. The highest BCUT2D eigenvalue weighted by Crippen LogP contribution is 2.26. The number of hydrogen-bond donors (Lipinski definition) is 1. The maximum Gasteiger partial charge on any atom is 0.261 e. The zero-order chi connectivity index (χ0) is 24.5. The van der Waals surface area contributed by atoms with E-state index in [1.807, 2.05) is 31.2 Å². The first kappa shape index (κ1) is 22.3. The second kappa shape index (κ2) is 9.06. The fraction of sp³-hybridized carbons (Fsp3) is 0.185. The maximum absolute atomic E-state index is 13.1. The van der Waals surface area contributed by atoms with Gasteiger partial charge < -0.3 is 14.6 Å². The summed E-state index contributed by atoms with van der Waals surface area (Å²) in [5.74, 6) is 0.137. The summed E-state index contributed by atoms with van der Waals surface area (Å²) in [6.07, 6.45) is 0. The molecule has 3 amide bonds. The number of ether oxygens (including phenoxy) is 1. The molecule has 2 heterocycles. The molecule has 5 rings (SSSR count). The van der Waals surface area contributed by atoms with Gasteiger partial charge >= 0.3 is 0 Å². The van der Waals surface area contributed by atoms with Gasteiger partial charge in [-0.2, -0.15) is 0 Å². The van der Waals surface area contributed by atoms with E-state index in [0.717, 1.165) is 23.4 Å². The van der Waals surface area contributed by atoms with Crippen LogP contribution >= 0.6 is 0 Å². The minimum absolute atomic E-state index is 0.0578. The molecule has 0 fully saturated rings. The van der Waals surface area contributed by atoms with Crippen LogP contribution in [-0.2, 0) is 19.6 Å². The Morgan fingerprint density at radius 2 is 1.66 bits per heavy atom.